The average Bonchev–Trinajstić information content (AvgIpc) is 2.63. The topological polar surface area (TPSA) is 0 Å². The fraction of sp³-hybridized carbons (Fsp3) is 1.00. The number of hydrogen-bond acceptors (Lipinski definition) is 0. The molecule has 1 nitrogen and oxygen atoms in total. The Balaban J connectivity index is 1.99. The summed E-state index contributed by atoms with van der Waals surface area (Å²) in [7, 11) is 4.83. The van der Waals surface area contributed by atoms with E-state index in [9.17, 15) is 0 Å². The van der Waals surface area contributed by atoms with Crippen molar-refractivity contribution in [1.29, 1.82) is 0 Å². The number of nitrogens with zero attached hydrogens (tertiary/aromatic N) is 1. The quantitative estimate of drug-likeness (QED) is 0.468. The van der Waals surface area contributed by atoms with E-state index >= 15 is 0 Å². The second-order valence-corrected chi connectivity index (χ2v) is 4.91. The van der Waals surface area contributed by atoms with Crippen LogP contribution in [0.3, 0.4) is 0 Å². The van der Waals surface area contributed by atoms with Crippen molar-refractivity contribution in [2.75, 3.05) is 20.6 Å². The van der Waals surface area contributed by atoms with Crippen molar-refractivity contribution in [2.45, 2.75) is 38.1 Å². The summed E-state index contributed by atoms with van der Waals surface area (Å²) in [5.41, 5.74) is 0. The number of fused-ring (bicyclic) bond motifs is 1. The molecule has 0 aromatic rings. The third-order valence-corrected chi connectivity index (χ3v) is 3.59. The van der Waals surface area contributed by atoms with E-state index in [2.05, 4.69) is 14.1 Å². The highest BCUT2D eigenvalue weighted by atomic mass is 15.4. The molecule has 1 aliphatic carbocycles. The molecule has 0 amide bonds. The predicted octanol–water partition coefficient (Wildman–Crippen LogP) is 2.03. The molecule has 1 saturated heterocycles. The minimum Gasteiger partial charge on any atom is -0.326 e. The first-order valence-electron chi connectivity index (χ1n) is 5.03. The molecule has 2 atom stereocenters. The summed E-state index contributed by atoms with van der Waals surface area (Å²) in [6.45, 7) is 1.42. The van der Waals surface area contributed by atoms with Gasteiger partial charge in [-0.2, -0.15) is 0 Å². The smallest absolute Gasteiger partial charge is 0.0922 e. The fourth-order valence-electron chi connectivity index (χ4n) is 2.67. The lowest BCUT2D eigenvalue weighted by molar-refractivity contribution is -0.903. The zero-order valence-electron chi connectivity index (χ0n) is 7.84. The number of rotatable bonds is 0. The standard InChI is InChI=1S/C10H20N/c1-11(2)7-5-3-4-6-9-8-10(9)11/h9-10H,3-8H2,1-2H3/q+1. The monoisotopic (exact) mass is 154 g/mol. The molecule has 64 valence electrons. The Bertz CT molecular complexity index is 151. The van der Waals surface area contributed by atoms with E-state index < -0.39 is 0 Å². The lowest BCUT2D eigenvalue weighted by Crippen LogP contribution is -2.44. The van der Waals surface area contributed by atoms with Crippen molar-refractivity contribution in [3.8, 4) is 0 Å². The molecule has 1 heterocycles. The van der Waals surface area contributed by atoms with Gasteiger partial charge in [0, 0.05) is 12.3 Å². The minimum absolute atomic E-state index is 1.04. The van der Waals surface area contributed by atoms with Gasteiger partial charge in [-0.15, -0.1) is 0 Å². The van der Waals surface area contributed by atoms with Gasteiger partial charge in [0.2, 0.25) is 0 Å². The van der Waals surface area contributed by atoms with Gasteiger partial charge in [-0.1, -0.05) is 6.42 Å². The van der Waals surface area contributed by atoms with Crippen molar-refractivity contribution in [2.24, 2.45) is 5.92 Å². The summed E-state index contributed by atoms with van der Waals surface area (Å²) < 4.78 is 1.31. The predicted molar refractivity (Wildman–Crippen MR) is 47.3 cm³/mol. The maximum Gasteiger partial charge on any atom is 0.0922 e. The van der Waals surface area contributed by atoms with Crippen LogP contribution in [0.25, 0.3) is 0 Å². The molecule has 0 bridgehead atoms. The number of quaternary nitrogens is 1. The second kappa shape index (κ2) is 2.48. The molecule has 2 rings (SSSR count). The molecule has 0 spiro atoms. The van der Waals surface area contributed by atoms with Gasteiger partial charge in [0.1, 0.15) is 0 Å². The van der Waals surface area contributed by atoms with E-state index in [-0.39, 0.29) is 0 Å². The Morgan fingerprint density at radius 3 is 2.73 bits per heavy atom. The van der Waals surface area contributed by atoms with Crippen molar-refractivity contribution in [1.82, 2.24) is 0 Å². The van der Waals surface area contributed by atoms with E-state index in [1.807, 2.05) is 0 Å². The highest BCUT2D eigenvalue weighted by Crippen LogP contribution is 2.43. The fourth-order valence-corrected chi connectivity index (χ4v) is 2.67. The summed E-state index contributed by atoms with van der Waals surface area (Å²) >= 11 is 0. The third kappa shape index (κ3) is 1.44. The Hall–Kier alpha value is -0.0400. The SMILES string of the molecule is C[N+]1(C)CCCCCC2CC21. The van der Waals surface area contributed by atoms with Crippen LogP contribution in [0.15, 0.2) is 0 Å². The van der Waals surface area contributed by atoms with E-state index in [0.29, 0.717) is 0 Å². The van der Waals surface area contributed by atoms with Crippen LogP contribution < -0.4 is 0 Å². The van der Waals surface area contributed by atoms with Crippen LogP contribution in [0.5, 0.6) is 0 Å². The van der Waals surface area contributed by atoms with Crippen LogP contribution in [0.1, 0.15) is 32.1 Å². The highest BCUT2D eigenvalue weighted by Gasteiger charge is 2.48. The molecule has 1 heteroatoms. The Labute approximate surface area is 70.0 Å². The van der Waals surface area contributed by atoms with Crippen LogP contribution in [0.4, 0.5) is 0 Å². The summed E-state index contributed by atoms with van der Waals surface area (Å²) in [6, 6.07) is 1.04. The minimum atomic E-state index is 1.04. The molecule has 0 N–H and O–H groups in total. The van der Waals surface area contributed by atoms with Gasteiger partial charge >= 0.3 is 0 Å². The summed E-state index contributed by atoms with van der Waals surface area (Å²) in [4.78, 5) is 0. The number of hydrogen-bond donors (Lipinski definition) is 0. The van der Waals surface area contributed by atoms with Gasteiger partial charge in [-0.3, -0.25) is 0 Å². The van der Waals surface area contributed by atoms with E-state index in [1.54, 1.807) is 0 Å². The summed E-state index contributed by atoms with van der Waals surface area (Å²) in [5, 5.41) is 0. The second-order valence-electron chi connectivity index (χ2n) is 4.91. The largest absolute Gasteiger partial charge is 0.326 e. The molecular formula is C10H20N+. The molecule has 0 aromatic heterocycles. The van der Waals surface area contributed by atoms with Gasteiger partial charge in [-0.05, 0) is 19.3 Å². The number of likely N-dealkylation sites (tertiary alicyclic amines) is 1. The maximum absolute atomic E-state index is 2.41. The lowest BCUT2D eigenvalue weighted by atomic mass is 10.1. The molecular weight excluding hydrogens is 134 g/mol. The van der Waals surface area contributed by atoms with Gasteiger partial charge in [-0.25, -0.2) is 0 Å². The Morgan fingerprint density at radius 1 is 1.09 bits per heavy atom. The van der Waals surface area contributed by atoms with E-state index in [4.69, 9.17) is 0 Å². The highest BCUT2D eigenvalue weighted by molar-refractivity contribution is 4.88. The molecule has 0 radical (unpaired) electrons. The third-order valence-electron chi connectivity index (χ3n) is 3.59. The van der Waals surface area contributed by atoms with Crippen LogP contribution in [0.2, 0.25) is 0 Å². The van der Waals surface area contributed by atoms with Crippen molar-refractivity contribution in [3.05, 3.63) is 0 Å². The molecule has 2 aliphatic rings. The lowest BCUT2D eigenvalue weighted by Gasteiger charge is -2.32. The van der Waals surface area contributed by atoms with Gasteiger partial charge in [0.05, 0.1) is 26.7 Å². The first kappa shape index (κ1) is 7.60. The van der Waals surface area contributed by atoms with Crippen molar-refractivity contribution in [3.63, 3.8) is 0 Å². The van der Waals surface area contributed by atoms with Gasteiger partial charge in [0.15, 0.2) is 0 Å². The van der Waals surface area contributed by atoms with Crippen LogP contribution in [0, 0.1) is 5.92 Å². The zero-order valence-corrected chi connectivity index (χ0v) is 7.84. The molecule has 1 aliphatic heterocycles. The van der Waals surface area contributed by atoms with Crippen molar-refractivity contribution >= 4 is 0 Å². The molecule has 2 unspecified atom stereocenters. The van der Waals surface area contributed by atoms with Crippen molar-refractivity contribution < 1.29 is 4.48 Å². The van der Waals surface area contributed by atoms with Gasteiger partial charge in [0.25, 0.3) is 0 Å². The molecule has 2 fully saturated rings. The first-order chi connectivity index (χ1) is 5.20. The first-order valence-corrected chi connectivity index (χ1v) is 5.03. The summed E-state index contributed by atoms with van der Waals surface area (Å²) in [6.07, 6.45) is 7.47. The van der Waals surface area contributed by atoms with Crippen LogP contribution in [-0.4, -0.2) is 31.2 Å². The molecule has 1 saturated carbocycles. The van der Waals surface area contributed by atoms with Gasteiger partial charge < -0.3 is 4.48 Å². The Kier molecular flexibility index (Phi) is 1.71. The zero-order chi connectivity index (χ0) is 7.90. The Morgan fingerprint density at radius 2 is 1.91 bits per heavy atom. The maximum atomic E-state index is 2.41. The van der Waals surface area contributed by atoms with E-state index in [1.165, 1.54) is 43.1 Å². The van der Waals surface area contributed by atoms with Crippen LogP contribution in [-0.2, 0) is 0 Å². The molecule has 11 heavy (non-hydrogen) atoms. The van der Waals surface area contributed by atoms with Crippen LogP contribution >= 0.6 is 0 Å². The summed E-state index contributed by atoms with van der Waals surface area (Å²) in [5.74, 6) is 1.10. The van der Waals surface area contributed by atoms with E-state index in [0.717, 1.165) is 12.0 Å². The molecule has 0 aromatic carbocycles. The average molecular weight is 154 g/mol. The normalized spacial score (nSPS) is 42.0.